The summed E-state index contributed by atoms with van der Waals surface area (Å²) in [7, 11) is 0. The number of tetrazole rings is 1. The first-order valence-electron chi connectivity index (χ1n) is 10.5. The number of piperidine rings is 1. The second-order valence-corrected chi connectivity index (χ2v) is 8.02. The highest BCUT2D eigenvalue weighted by Gasteiger charge is 2.12. The van der Waals surface area contributed by atoms with Crippen molar-refractivity contribution in [3.05, 3.63) is 59.2 Å². The van der Waals surface area contributed by atoms with Gasteiger partial charge in [-0.25, -0.2) is 0 Å². The summed E-state index contributed by atoms with van der Waals surface area (Å²) in [6, 6.07) is 14.1. The lowest BCUT2D eigenvalue weighted by atomic mass is 10.1. The fraction of sp³-hybridized carbons (Fsp3) is 0.391. The van der Waals surface area contributed by atoms with Crippen LogP contribution in [0.2, 0.25) is 0 Å². The van der Waals surface area contributed by atoms with Crippen molar-refractivity contribution in [2.24, 2.45) is 0 Å². The van der Waals surface area contributed by atoms with E-state index in [9.17, 15) is 4.79 Å². The minimum absolute atomic E-state index is 0.0208. The van der Waals surface area contributed by atoms with Crippen LogP contribution in [0.15, 0.2) is 42.5 Å². The molecule has 1 aromatic heterocycles. The van der Waals surface area contributed by atoms with Crippen LogP contribution in [-0.4, -0.2) is 44.1 Å². The van der Waals surface area contributed by atoms with Gasteiger partial charge in [-0.05, 0) is 73.8 Å². The van der Waals surface area contributed by atoms with Gasteiger partial charge in [0.05, 0.1) is 0 Å². The molecule has 1 fully saturated rings. The third kappa shape index (κ3) is 5.10. The highest BCUT2D eigenvalue weighted by atomic mass is 16.2. The molecular weight excluding hydrogens is 376 g/mol. The molecule has 2 aromatic carbocycles. The number of nitrogens with zero attached hydrogens (tertiary/aromatic N) is 5. The summed E-state index contributed by atoms with van der Waals surface area (Å²) in [5.74, 6) is 0.345. The number of aryl methyl sites for hydroxylation is 2. The largest absolute Gasteiger partial charge is 0.324 e. The van der Waals surface area contributed by atoms with Crippen molar-refractivity contribution >= 4 is 11.6 Å². The summed E-state index contributed by atoms with van der Waals surface area (Å²) < 4.78 is 0. The minimum atomic E-state index is -0.181. The third-order valence-corrected chi connectivity index (χ3v) is 5.60. The van der Waals surface area contributed by atoms with E-state index in [1.54, 1.807) is 0 Å². The summed E-state index contributed by atoms with van der Waals surface area (Å²) in [5.41, 5.74) is 5.29. The van der Waals surface area contributed by atoms with Crippen molar-refractivity contribution < 1.29 is 4.79 Å². The Morgan fingerprint density at radius 2 is 1.77 bits per heavy atom. The maximum atomic E-state index is 12.3. The monoisotopic (exact) mass is 404 g/mol. The van der Waals surface area contributed by atoms with Gasteiger partial charge in [0, 0.05) is 17.8 Å². The van der Waals surface area contributed by atoms with Gasteiger partial charge in [-0.15, -0.1) is 10.2 Å². The number of hydrogen-bond acceptors (Lipinski definition) is 5. The first-order chi connectivity index (χ1) is 14.6. The summed E-state index contributed by atoms with van der Waals surface area (Å²) >= 11 is 0. The molecule has 156 valence electrons. The minimum Gasteiger partial charge on any atom is -0.324 e. The van der Waals surface area contributed by atoms with E-state index in [0.717, 1.165) is 23.4 Å². The van der Waals surface area contributed by atoms with Gasteiger partial charge in [0.2, 0.25) is 11.7 Å². The molecule has 1 aliphatic rings. The molecular formula is C23H28N6O. The Morgan fingerprint density at radius 3 is 2.50 bits per heavy atom. The van der Waals surface area contributed by atoms with Crippen molar-refractivity contribution in [3.63, 3.8) is 0 Å². The molecule has 0 bridgehead atoms. The molecule has 2 heterocycles. The number of rotatable bonds is 6. The number of carbonyl (C=O) groups excluding carboxylic acids is 1. The highest BCUT2D eigenvalue weighted by Crippen LogP contribution is 2.18. The molecule has 4 rings (SSSR count). The van der Waals surface area contributed by atoms with Crippen LogP contribution >= 0.6 is 0 Å². The van der Waals surface area contributed by atoms with Crippen LogP contribution in [0, 0.1) is 13.8 Å². The normalized spacial score (nSPS) is 14.6. The molecule has 1 amide bonds. The van der Waals surface area contributed by atoms with Crippen LogP contribution in [0.3, 0.4) is 0 Å². The number of anilines is 1. The molecule has 0 unspecified atom stereocenters. The average Bonchev–Trinajstić information content (AvgIpc) is 3.20. The van der Waals surface area contributed by atoms with Gasteiger partial charge in [-0.2, -0.15) is 4.80 Å². The van der Waals surface area contributed by atoms with Crippen molar-refractivity contribution in [2.75, 3.05) is 18.4 Å². The highest BCUT2D eigenvalue weighted by molar-refractivity contribution is 5.90. The van der Waals surface area contributed by atoms with Crippen LogP contribution in [0.4, 0.5) is 5.69 Å². The van der Waals surface area contributed by atoms with Gasteiger partial charge in [0.1, 0.15) is 6.54 Å². The van der Waals surface area contributed by atoms with Crippen molar-refractivity contribution in [3.8, 4) is 11.4 Å². The number of benzene rings is 2. The maximum Gasteiger partial charge on any atom is 0.248 e. The Morgan fingerprint density at radius 1 is 1.00 bits per heavy atom. The first kappa shape index (κ1) is 20.2. The van der Waals surface area contributed by atoms with Gasteiger partial charge < -0.3 is 5.32 Å². The zero-order chi connectivity index (χ0) is 20.9. The van der Waals surface area contributed by atoms with Crippen molar-refractivity contribution in [2.45, 2.75) is 46.2 Å². The number of hydrogen-bond donors (Lipinski definition) is 1. The molecule has 0 aliphatic carbocycles. The van der Waals surface area contributed by atoms with E-state index in [4.69, 9.17) is 0 Å². The summed E-state index contributed by atoms with van der Waals surface area (Å²) in [5, 5.41) is 15.4. The Balaban J connectivity index is 1.35. The second kappa shape index (κ2) is 9.17. The van der Waals surface area contributed by atoms with Gasteiger partial charge >= 0.3 is 0 Å². The molecule has 3 aromatic rings. The van der Waals surface area contributed by atoms with E-state index >= 15 is 0 Å². The van der Waals surface area contributed by atoms with E-state index in [1.165, 1.54) is 48.3 Å². The zero-order valence-electron chi connectivity index (χ0n) is 17.6. The molecule has 1 N–H and O–H groups in total. The molecule has 0 radical (unpaired) electrons. The van der Waals surface area contributed by atoms with Crippen LogP contribution in [0.25, 0.3) is 11.4 Å². The molecule has 0 spiro atoms. The van der Waals surface area contributed by atoms with Gasteiger partial charge in [-0.3, -0.25) is 9.69 Å². The lowest BCUT2D eigenvalue weighted by Crippen LogP contribution is -2.28. The van der Waals surface area contributed by atoms with Crippen molar-refractivity contribution in [1.82, 2.24) is 25.1 Å². The Labute approximate surface area is 177 Å². The summed E-state index contributed by atoms with van der Waals surface area (Å²) in [6.07, 6.45) is 3.93. The molecule has 1 saturated heterocycles. The lowest BCUT2D eigenvalue weighted by molar-refractivity contribution is -0.117. The maximum absolute atomic E-state index is 12.3. The molecule has 30 heavy (non-hydrogen) atoms. The lowest BCUT2D eigenvalue weighted by Gasteiger charge is -2.26. The number of amides is 1. The van der Waals surface area contributed by atoms with E-state index < -0.39 is 0 Å². The van der Waals surface area contributed by atoms with E-state index in [2.05, 4.69) is 37.8 Å². The van der Waals surface area contributed by atoms with Crippen LogP contribution < -0.4 is 5.32 Å². The molecule has 7 nitrogen and oxygen atoms in total. The fourth-order valence-corrected chi connectivity index (χ4v) is 3.71. The van der Waals surface area contributed by atoms with E-state index in [1.807, 2.05) is 44.2 Å². The van der Waals surface area contributed by atoms with Gasteiger partial charge in [0.25, 0.3) is 0 Å². The van der Waals surface area contributed by atoms with Crippen LogP contribution in [0.1, 0.15) is 36.0 Å². The Kier molecular flexibility index (Phi) is 6.18. The van der Waals surface area contributed by atoms with Crippen molar-refractivity contribution in [1.29, 1.82) is 0 Å². The number of nitrogens with one attached hydrogen (secondary N) is 1. The SMILES string of the molecule is Cc1ccc(NC(=O)Cn2nnc(-c3ccc(CN4CCCCC4)cc3)n2)cc1C. The number of aromatic nitrogens is 4. The second-order valence-electron chi connectivity index (χ2n) is 8.02. The first-order valence-corrected chi connectivity index (χ1v) is 10.5. The summed E-state index contributed by atoms with van der Waals surface area (Å²) in [6.45, 7) is 7.44. The van der Waals surface area contributed by atoms with E-state index in [0.29, 0.717) is 5.82 Å². The average molecular weight is 405 g/mol. The number of likely N-dealkylation sites (tertiary alicyclic amines) is 1. The van der Waals surface area contributed by atoms with Crippen LogP contribution in [0.5, 0.6) is 0 Å². The van der Waals surface area contributed by atoms with Gasteiger partial charge in [0.15, 0.2) is 0 Å². The number of carbonyl (C=O) groups is 1. The predicted molar refractivity (Wildman–Crippen MR) is 117 cm³/mol. The standard InChI is InChI=1S/C23H28N6O/c1-17-6-11-21(14-18(17)2)24-22(30)16-29-26-23(25-27-29)20-9-7-19(8-10-20)15-28-12-4-3-5-13-28/h6-11,14H,3-5,12-13,15-16H2,1-2H3,(H,24,30). The molecule has 0 saturated carbocycles. The van der Waals surface area contributed by atoms with Gasteiger partial charge in [-0.1, -0.05) is 36.8 Å². The quantitative estimate of drug-likeness (QED) is 0.680. The van der Waals surface area contributed by atoms with E-state index in [-0.39, 0.29) is 12.5 Å². The summed E-state index contributed by atoms with van der Waals surface area (Å²) in [4.78, 5) is 16.1. The smallest absolute Gasteiger partial charge is 0.248 e. The molecule has 7 heteroatoms. The topological polar surface area (TPSA) is 75.9 Å². The molecule has 0 atom stereocenters. The Hall–Kier alpha value is -3.06. The molecule has 1 aliphatic heterocycles. The zero-order valence-corrected chi connectivity index (χ0v) is 17.6. The fourth-order valence-electron chi connectivity index (χ4n) is 3.71. The van der Waals surface area contributed by atoms with Crippen LogP contribution in [-0.2, 0) is 17.9 Å². The predicted octanol–water partition coefficient (Wildman–Crippen LogP) is 3.58. The third-order valence-electron chi connectivity index (χ3n) is 5.60. The Bertz CT molecular complexity index is 1000.